The predicted molar refractivity (Wildman–Crippen MR) is 125 cm³/mol. The van der Waals surface area contributed by atoms with Crippen molar-refractivity contribution >= 4 is 32.7 Å². The highest BCUT2D eigenvalue weighted by Gasteiger charge is 2.27. The number of morpholine rings is 1. The number of nitrogens with one attached hydrogen (secondary N) is 1. The van der Waals surface area contributed by atoms with Crippen molar-refractivity contribution in [2.75, 3.05) is 31.6 Å². The van der Waals surface area contributed by atoms with Crippen LogP contribution in [0.2, 0.25) is 0 Å². The van der Waals surface area contributed by atoms with Gasteiger partial charge in [-0.3, -0.25) is 9.36 Å². The monoisotopic (exact) mass is 480 g/mol. The molecule has 1 aromatic carbocycles. The van der Waals surface area contributed by atoms with Gasteiger partial charge in [0.25, 0.3) is 5.56 Å². The molecule has 34 heavy (non-hydrogen) atoms. The summed E-state index contributed by atoms with van der Waals surface area (Å²) in [5.41, 5.74) is 0.706. The maximum atomic E-state index is 13.0. The summed E-state index contributed by atoms with van der Waals surface area (Å²) < 4.78 is 34.3. The van der Waals surface area contributed by atoms with Gasteiger partial charge in [-0.15, -0.1) is 0 Å². The SMILES string of the molecule is N#Cc1cc2cnc(Nc3cccc(S(=O)(=O)N4CCOCC4)c3)nc2n(C2CCCC2)c1=O. The second-order valence-corrected chi connectivity index (χ2v) is 10.4. The van der Waals surface area contributed by atoms with E-state index in [4.69, 9.17) is 4.74 Å². The normalized spacial score (nSPS) is 17.6. The van der Waals surface area contributed by atoms with E-state index in [0.717, 1.165) is 25.7 Å². The van der Waals surface area contributed by atoms with Crippen LogP contribution >= 0.6 is 0 Å². The van der Waals surface area contributed by atoms with Crippen molar-refractivity contribution in [1.29, 1.82) is 5.26 Å². The largest absolute Gasteiger partial charge is 0.379 e. The van der Waals surface area contributed by atoms with Crippen LogP contribution in [0.4, 0.5) is 11.6 Å². The average Bonchev–Trinajstić information content (AvgIpc) is 3.39. The fraction of sp³-hybridized carbons (Fsp3) is 0.391. The maximum Gasteiger partial charge on any atom is 0.270 e. The van der Waals surface area contributed by atoms with Crippen LogP contribution in [0.1, 0.15) is 37.3 Å². The van der Waals surface area contributed by atoms with Gasteiger partial charge in [0.05, 0.1) is 18.1 Å². The number of fused-ring (bicyclic) bond motifs is 1. The van der Waals surface area contributed by atoms with E-state index >= 15 is 0 Å². The van der Waals surface area contributed by atoms with Crippen molar-refractivity contribution in [3.63, 3.8) is 0 Å². The summed E-state index contributed by atoms with van der Waals surface area (Å²) in [6.45, 7) is 1.38. The lowest BCUT2D eigenvalue weighted by molar-refractivity contribution is 0.0730. The Bertz CT molecular complexity index is 1430. The van der Waals surface area contributed by atoms with Crippen LogP contribution in [0, 0.1) is 11.3 Å². The number of sulfonamides is 1. The Kier molecular flexibility index (Phi) is 6.03. The van der Waals surface area contributed by atoms with Gasteiger partial charge in [-0.1, -0.05) is 18.9 Å². The molecule has 3 aromatic rings. The second kappa shape index (κ2) is 9.13. The lowest BCUT2D eigenvalue weighted by atomic mass is 10.2. The summed E-state index contributed by atoms with van der Waals surface area (Å²) in [7, 11) is -3.65. The zero-order valence-electron chi connectivity index (χ0n) is 18.5. The number of aromatic nitrogens is 3. The van der Waals surface area contributed by atoms with Gasteiger partial charge in [-0.25, -0.2) is 13.4 Å². The molecule has 0 atom stereocenters. The van der Waals surface area contributed by atoms with E-state index in [1.807, 2.05) is 6.07 Å². The molecular weight excluding hydrogens is 456 g/mol. The van der Waals surface area contributed by atoms with Gasteiger partial charge in [-0.2, -0.15) is 14.6 Å². The molecule has 0 spiro atoms. The minimum Gasteiger partial charge on any atom is -0.379 e. The molecule has 0 radical (unpaired) electrons. The zero-order valence-corrected chi connectivity index (χ0v) is 19.3. The number of hydrogen-bond donors (Lipinski definition) is 1. The number of benzene rings is 1. The molecule has 2 aromatic heterocycles. The van der Waals surface area contributed by atoms with E-state index in [2.05, 4.69) is 15.3 Å². The number of pyridine rings is 1. The van der Waals surface area contributed by atoms with Crippen molar-refractivity contribution in [2.45, 2.75) is 36.6 Å². The highest BCUT2D eigenvalue weighted by molar-refractivity contribution is 7.89. The summed E-state index contributed by atoms with van der Waals surface area (Å²) in [6, 6.07) is 9.97. The second-order valence-electron chi connectivity index (χ2n) is 8.43. The van der Waals surface area contributed by atoms with Crippen molar-refractivity contribution in [1.82, 2.24) is 18.8 Å². The number of rotatable bonds is 5. The maximum absolute atomic E-state index is 13.0. The molecule has 0 unspecified atom stereocenters. The van der Waals surface area contributed by atoms with E-state index in [-0.39, 0.29) is 28.0 Å². The molecule has 3 heterocycles. The van der Waals surface area contributed by atoms with Crippen LogP contribution in [0.15, 0.2) is 46.2 Å². The number of nitriles is 1. The summed E-state index contributed by atoms with van der Waals surface area (Å²) in [4.78, 5) is 22.0. The Morgan fingerprint density at radius 1 is 1.15 bits per heavy atom. The third kappa shape index (κ3) is 4.16. The average molecular weight is 481 g/mol. The molecule has 1 aliphatic carbocycles. The molecule has 0 bridgehead atoms. The van der Waals surface area contributed by atoms with Crippen LogP contribution in [-0.2, 0) is 14.8 Å². The molecule has 10 nitrogen and oxygen atoms in total. The number of anilines is 2. The highest BCUT2D eigenvalue weighted by Crippen LogP contribution is 2.31. The highest BCUT2D eigenvalue weighted by atomic mass is 32.2. The van der Waals surface area contributed by atoms with E-state index in [1.54, 1.807) is 35.0 Å². The quantitative estimate of drug-likeness (QED) is 0.590. The topological polar surface area (TPSA) is 130 Å². The van der Waals surface area contributed by atoms with E-state index in [9.17, 15) is 18.5 Å². The first kappa shape index (κ1) is 22.5. The minimum atomic E-state index is -3.65. The molecule has 1 aliphatic heterocycles. The van der Waals surface area contributed by atoms with Crippen LogP contribution in [0.5, 0.6) is 0 Å². The Morgan fingerprint density at radius 2 is 1.91 bits per heavy atom. The zero-order chi connectivity index (χ0) is 23.7. The van der Waals surface area contributed by atoms with Crippen LogP contribution in [0.25, 0.3) is 11.0 Å². The molecule has 2 aliphatic rings. The van der Waals surface area contributed by atoms with Crippen molar-refractivity contribution < 1.29 is 13.2 Å². The Balaban J connectivity index is 1.50. The van der Waals surface area contributed by atoms with E-state index < -0.39 is 10.0 Å². The number of ether oxygens (including phenoxy) is 1. The molecule has 2 fully saturated rings. The fourth-order valence-electron chi connectivity index (χ4n) is 4.56. The number of nitrogens with zero attached hydrogens (tertiary/aromatic N) is 5. The summed E-state index contributed by atoms with van der Waals surface area (Å²) in [5.74, 6) is 0.240. The molecule has 1 saturated heterocycles. The smallest absolute Gasteiger partial charge is 0.270 e. The van der Waals surface area contributed by atoms with E-state index in [1.165, 1.54) is 10.4 Å². The fourth-order valence-corrected chi connectivity index (χ4v) is 6.02. The van der Waals surface area contributed by atoms with Gasteiger partial charge >= 0.3 is 0 Å². The Hall–Kier alpha value is -3.33. The van der Waals surface area contributed by atoms with Gasteiger partial charge in [0.15, 0.2) is 0 Å². The van der Waals surface area contributed by atoms with Crippen LogP contribution in [0.3, 0.4) is 0 Å². The molecule has 0 amide bonds. The summed E-state index contributed by atoms with van der Waals surface area (Å²) in [6.07, 6.45) is 5.34. The first-order chi connectivity index (χ1) is 16.5. The number of hydrogen-bond acceptors (Lipinski definition) is 8. The van der Waals surface area contributed by atoms with Crippen molar-refractivity contribution in [3.8, 4) is 6.07 Å². The van der Waals surface area contributed by atoms with Crippen molar-refractivity contribution in [2.24, 2.45) is 0 Å². The van der Waals surface area contributed by atoms with Gasteiger partial charge in [0.2, 0.25) is 16.0 Å². The van der Waals surface area contributed by atoms with Crippen molar-refractivity contribution in [3.05, 3.63) is 52.4 Å². The lowest BCUT2D eigenvalue weighted by Gasteiger charge is -2.26. The molecular formula is C23H24N6O4S. The van der Waals surface area contributed by atoms with Crippen LogP contribution < -0.4 is 10.9 Å². The summed E-state index contributed by atoms with van der Waals surface area (Å²) >= 11 is 0. The van der Waals surface area contributed by atoms with E-state index in [0.29, 0.717) is 43.0 Å². The van der Waals surface area contributed by atoms with Gasteiger partial charge in [0.1, 0.15) is 17.3 Å². The van der Waals surface area contributed by atoms with Gasteiger partial charge in [-0.05, 0) is 37.1 Å². The van der Waals surface area contributed by atoms with Gasteiger partial charge < -0.3 is 10.1 Å². The molecule has 176 valence electrons. The lowest BCUT2D eigenvalue weighted by Crippen LogP contribution is -2.40. The molecule has 11 heteroatoms. The standard InChI is InChI=1S/C23H24N6O4S/c24-14-16-12-17-15-25-23(27-21(17)29(22(16)30)19-5-1-2-6-19)26-18-4-3-7-20(13-18)34(31,32)28-8-10-33-11-9-28/h3-4,7,12-13,15,19H,1-2,5-6,8-11H2,(H,25,26,27). The molecule has 5 rings (SSSR count). The minimum absolute atomic E-state index is 0.00644. The Morgan fingerprint density at radius 3 is 2.65 bits per heavy atom. The van der Waals surface area contributed by atoms with Crippen LogP contribution in [-0.4, -0.2) is 53.6 Å². The first-order valence-electron chi connectivity index (χ1n) is 11.2. The molecule has 1 saturated carbocycles. The predicted octanol–water partition coefficient (Wildman–Crippen LogP) is 2.54. The first-order valence-corrected chi connectivity index (χ1v) is 12.7. The molecule has 1 N–H and O–H groups in total. The third-order valence-corrected chi connectivity index (χ3v) is 8.18. The third-order valence-electron chi connectivity index (χ3n) is 6.28. The van der Waals surface area contributed by atoms with Gasteiger partial charge in [0, 0.05) is 36.4 Å². The summed E-state index contributed by atoms with van der Waals surface area (Å²) in [5, 5.41) is 13.1. The Labute approximate surface area is 196 Å².